The summed E-state index contributed by atoms with van der Waals surface area (Å²) in [6.45, 7) is 13.8. The molecule has 1 rings (SSSR count). The van der Waals surface area contributed by atoms with Crippen molar-refractivity contribution in [2.24, 2.45) is 0 Å². The van der Waals surface area contributed by atoms with Crippen molar-refractivity contribution in [2.45, 2.75) is 72.1 Å². The van der Waals surface area contributed by atoms with Gasteiger partial charge in [0.25, 0.3) is 0 Å². The van der Waals surface area contributed by atoms with E-state index in [0.717, 1.165) is 11.5 Å². The van der Waals surface area contributed by atoms with Crippen LogP contribution in [0, 0.1) is 0 Å². The van der Waals surface area contributed by atoms with Gasteiger partial charge in [0.15, 0.2) is 0 Å². The SMILES string of the molecule is COCC(COc1cccc(OCC(COC(C)C)OC(C)C)c1)OC(C)C. The van der Waals surface area contributed by atoms with Gasteiger partial charge in [0.2, 0.25) is 0 Å². The summed E-state index contributed by atoms with van der Waals surface area (Å²) in [5, 5.41) is 0. The summed E-state index contributed by atoms with van der Waals surface area (Å²) in [5.74, 6) is 1.46. The van der Waals surface area contributed by atoms with Crippen LogP contribution in [0.3, 0.4) is 0 Å². The second-order valence-electron chi connectivity index (χ2n) is 7.55. The van der Waals surface area contributed by atoms with Crippen molar-refractivity contribution >= 4 is 0 Å². The van der Waals surface area contributed by atoms with E-state index in [0.29, 0.717) is 26.4 Å². The molecule has 0 N–H and O–H groups in total. The smallest absolute Gasteiger partial charge is 0.123 e. The highest BCUT2D eigenvalue weighted by atomic mass is 16.6. The summed E-state index contributed by atoms with van der Waals surface area (Å²) < 4.78 is 34.3. The van der Waals surface area contributed by atoms with Gasteiger partial charge in [-0.3, -0.25) is 0 Å². The van der Waals surface area contributed by atoms with Gasteiger partial charge in [0.05, 0.1) is 31.5 Å². The van der Waals surface area contributed by atoms with E-state index in [-0.39, 0.29) is 30.5 Å². The number of benzene rings is 1. The standard InChI is InChI=1S/C22H38O6/c1-16(2)24-13-22(28-18(5)6)15-26-20-10-8-9-19(11-20)25-14-21(12-23-7)27-17(3)4/h8-11,16-18,21-22H,12-15H2,1-7H3. The molecule has 2 unspecified atom stereocenters. The largest absolute Gasteiger partial charge is 0.491 e. The Morgan fingerprint density at radius 1 is 0.679 bits per heavy atom. The molecule has 6 heteroatoms. The van der Waals surface area contributed by atoms with Gasteiger partial charge in [0.1, 0.15) is 36.9 Å². The summed E-state index contributed by atoms with van der Waals surface area (Å²) in [5.41, 5.74) is 0. The Morgan fingerprint density at radius 2 is 1.18 bits per heavy atom. The van der Waals surface area contributed by atoms with Crippen LogP contribution in [-0.2, 0) is 18.9 Å². The zero-order valence-electron chi connectivity index (χ0n) is 18.5. The molecule has 0 aromatic heterocycles. The van der Waals surface area contributed by atoms with Crippen LogP contribution in [0.5, 0.6) is 11.5 Å². The molecule has 0 aliphatic rings. The van der Waals surface area contributed by atoms with Crippen molar-refractivity contribution < 1.29 is 28.4 Å². The Labute approximate surface area is 170 Å². The van der Waals surface area contributed by atoms with Crippen molar-refractivity contribution in [3.8, 4) is 11.5 Å². The molecule has 0 saturated carbocycles. The Kier molecular flexibility index (Phi) is 12.1. The molecule has 0 saturated heterocycles. The third kappa shape index (κ3) is 11.5. The van der Waals surface area contributed by atoms with Crippen molar-refractivity contribution in [1.82, 2.24) is 0 Å². The molecule has 6 nitrogen and oxygen atoms in total. The van der Waals surface area contributed by atoms with E-state index in [1.54, 1.807) is 7.11 Å². The number of hydrogen-bond donors (Lipinski definition) is 0. The third-order valence-corrected chi connectivity index (χ3v) is 3.57. The lowest BCUT2D eigenvalue weighted by Gasteiger charge is -2.22. The number of methoxy groups -OCH3 is 1. The number of rotatable bonds is 15. The lowest BCUT2D eigenvalue weighted by molar-refractivity contribution is -0.0742. The maximum Gasteiger partial charge on any atom is 0.123 e. The summed E-state index contributed by atoms with van der Waals surface area (Å²) in [6.07, 6.45) is 0.134. The van der Waals surface area contributed by atoms with Gasteiger partial charge in [-0.2, -0.15) is 0 Å². The fraction of sp³-hybridized carbons (Fsp3) is 0.727. The van der Waals surface area contributed by atoms with E-state index in [1.807, 2.05) is 65.8 Å². The fourth-order valence-corrected chi connectivity index (χ4v) is 2.54. The lowest BCUT2D eigenvalue weighted by atomic mass is 10.3. The summed E-state index contributed by atoms with van der Waals surface area (Å²) >= 11 is 0. The molecule has 162 valence electrons. The predicted molar refractivity (Wildman–Crippen MR) is 110 cm³/mol. The van der Waals surface area contributed by atoms with Crippen molar-refractivity contribution in [1.29, 1.82) is 0 Å². The average Bonchev–Trinajstić information content (AvgIpc) is 2.61. The molecular weight excluding hydrogens is 360 g/mol. The molecule has 0 amide bonds. The van der Waals surface area contributed by atoms with Gasteiger partial charge >= 0.3 is 0 Å². The molecule has 0 heterocycles. The lowest BCUT2D eigenvalue weighted by Crippen LogP contribution is -2.31. The monoisotopic (exact) mass is 398 g/mol. The molecule has 0 fully saturated rings. The van der Waals surface area contributed by atoms with Crippen LogP contribution in [0.4, 0.5) is 0 Å². The van der Waals surface area contributed by atoms with Gasteiger partial charge < -0.3 is 28.4 Å². The number of ether oxygens (including phenoxy) is 6. The molecule has 1 aromatic carbocycles. The molecular formula is C22H38O6. The van der Waals surface area contributed by atoms with E-state index in [4.69, 9.17) is 28.4 Å². The Hall–Kier alpha value is -1.34. The van der Waals surface area contributed by atoms with E-state index in [1.165, 1.54) is 0 Å². The zero-order chi connectivity index (χ0) is 20.9. The first-order chi connectivity index (χ1) is 13.3. The van der Waals surface area contributed by atoms with Gasteiger partial charge in [-0.05, 0) is 53.7 Å². The van der Waals surface area contributed by atoms with Crippen LogP contribution >= 0.6 is 0 Å². The molecule has 0 bridgehead atoms. The Morgan fingerprint density at radius 3 is 1.61 bits per heavy atom. The molecule has 2 atom stereocenters. The first-order valence-corrected chi connectivity index (χ1v) is 10.1. The molecule has 0 aliphatic carbocycles. The maximum atomic E-state index is 5.92. The summed E-state index contributed by atoms with van der Waals surface area (Å²) in [4.78, 5) is 0. The van der Waals surface area contributed by atoms with Crippen LogP contribution in [-0.4, -0.2) is 64.1 Å². The van der Waals surface area contributed by atoms with Crippen molar-refractivity contribution in [3.05, 3.63) is 24.3 Å². The van der Waals surface area contributed by atoms with Gasteiger partial charge in [-0.1, -0.05) is 6.07 Å². The van der Waals surface area contributed by atoms with Crippen LogP contribution in [0.25, 0.3) is 0 Å². The molecule has 0 spiro atoms. The van der Waals surface area contributed by atoms with E-state index in [2.05, 4.69) is 0 Å². The summed E-state index contributed by atoms with van der Waals surface area (Å²) in [7, 11) is 1.66. The predicted octanol–water partition coefficient (Wildman–Crippen LogP) is 4.10. The topological polar surface area (TPSA) is 55.4 Å². The van der Waals surface area contributed by atoms with E-state index >= 15 is 0 Å². The van der Waals surface area contributed by atoms with Crippen LogP contribution in [0.15, 0.2) is 24.3 Å². The van der Waals surface area contributed by atoms with Gasteiger partial charge in [-0.25, -0.2) is 0 Å². The van der Waals surface area contributed by atoms with Crippen molar-refractivity contribution in [3.63, 3.8) is 0 Å². The number of hydrogen-bond acceptors (Lipinski definition) is 6. The highest BCUT2D eigenvalue weighted by Crippen LogP contribution is 2.20. The minimum Gasteiger partial charge on any atom is -0.491 e. The molecule has 28 heavy (non-hydrogen) atoms. The van der Waals surface area contributed by atoms with E-state index in [9.17, 15) is 0 Å². The highest BCUT2D eigenvalue weighted by Gasteiger charge is 2.15. The maximum absolute atomic E-state index is 5.92. The second-order valence-corrected chi connectivity index (χ2v) is 7.55. The fourth-order valence-electron chi connectivity index (χ4n) is 2.54. The van der Waals surface area contributed by atoms with Crippen LogP contribution in [0.1, 0.15) is 41.5 Å². The Balaban J connectivity index is 2.58. The first-order valence-electron chi connectivity index (χ1n) is 10.1. The quantitative estimate of drug-likeness (QED) is 0.443. The minimum atomic E-state index is -0.127. The van der Waals surface area contributed by atoms with Crippen LogP contribution < -0.4 is 9.47 Å². The first kappa shape index (κ1) is 24.7. The van der Waals surface area contributed by atoms with E-state index < -0.39 is 0 Å². The van der Waals surface area contributed by atoms with Gasteiger partial charge in [-0.15, -0.1) is 0 Å². The normalized spacial score (nSPS) is 13.9. The minimum absolute atomic E-state index is 0.109. The second kappa shape index (κ2) is 13.8. The highest BCUT2D eigenvalue weighted by molar-refractivity contribution is 5.33. The zero-order valence-corrected chi connectivity index (χ0v) is 18.5. The molecule has 1 aromatic rings. The average molecular weight is 399 g/mol. The summed E-state index contributed by atoms with van der Waals surface area (Å²) in [6, 6.07) is 7.58. The molecule has 0 radical (unpaired) electrons. The Bertz CT molecular complexity index is 518. The van der Waals surface area contributed by atoms with Crippen LogP contribution in [0.2, 0.25) is 0 Å². The van der Waals surface area contributed by atoms with Crippen molar-refractivity contribution in [2.75, 3.05) is 33.5 Å². The van der Waals surface area contributed by atoms with Gasteiger partial charge in [0, 0.05) is 13.2 Å². The molecule has 0 aliphatic heterocycles. The third-order valence-electron chi connectivity index (χ3n) is 3.57.